The molecule has 0 spiro atoms. The Morgan fingerprint density at radius 2 is 2.29 bits per heavy atom. The van der Waals surface area contributed by atoms with Gasteiger partial charge in [0.1, 0.15) is 5.82 Å². The Hall–Kier alpha value is -1.36. The van der Waals surface area contributed by atoms with Gasteiger partial charge in [0.25, 0.3) is 0 Å². The van der Waals surface area contributed by atoms with E-state index in [0.717, 1.165) is 18.9 Å². The fourth-order valence-corrected chi connectivity index (χ4v) is 2.06. The molecular formula is C12H21N5. The van der Waals surface area contributed by atoms with Crippen LogP contribution in [0.1, 0.15) is 20.3 Å². The fourth-order valence-electron chi connectivity index (χ4n) is 2.06. The Balaban J connectivity index is 2.06. The van der Waals surface area contributed by atoms with Crippen LogP contribution in [0.5, 0.6) is 0 Å². The van der Waals surface area contributed by atoms with E-state index in [-0.39, 0.29) is 0 Å². The summed E-state index contributed by atoms with van der Waals surface area (Å²) in [6, 6.07) is 2.91. The van der Waals surface area contributed by atoms with Gasteiger partial charge >= 0.3 is 0 Å². The van der Waals surface area contributed by atoms with Crippen molar-refractivity contribution in [3.63, 3.8) is 0 Å². The number of hydrogen-bond acceptors (Lipinski definition) is 5. The third kappa shape index (κ3) is 3.06. The molecule has 2 heterocycles. The first-order valence-corrected chi connectivity index (χ1v) is 6.21. The number of rotatable bonds is 4. The van der Waals surface area contributed by atoms with E-state index in [1.807, 2.05) is 19.3 Å². The zero-order chi connectivity index (χ0) is 12.3. The molecule has 0 radical (unpaired) electrons. The summed E-state index contributed by atoms with van der Waals surface area (Å²) in [5.41, 5.74) is 0. The van der Waals surface area contributed by atoms with Gasteiger partial charge in [-0.05, 0) is 33.4 Å². The smallest absolute Gasteiger partial charge is 0.224 e. The Bertz CT molecular complexity index is 366. The Morgan fingerprint density at radius 3 is 2.94 bits per heavy atom. The first-order chi connectivity index (χ1) is 8.19. The van der Waals surface area contributed by atoms with Gasteiger partial charge in [0, 0.05) is 31.4 Å². The molecule has 2 N–H and O–H groups in total. The van der Waals surface area contributed by atoms with Gasteiger partial charge < -0.3 is 15.5 Å². The molecule has 1 aliphatic heterocycles. The molecule has 2 rings (SSSR count). The van der Waals surface area contributed by atoms with Crippen LogP contribution in [0.25, 0.3) is 0 Å². The van der Waals surface area contributed by atoms with E-state index < -0.39 is 0 Å². The third-order valence-corrected chi connectivity index (χ3v) is 2.98. The van der Waals surface area contributed by atoms with E-state index in [2.05, 4.69) is 39.3 Å². The van der Waals surface area contributed by atoms with Crippen molar-refractivity contribution in [3.05, 3.63) is 12.3 Å². The minimum Gasteiger partial charge on any atom is -0.355 e. The van der Waals surface area contributed by atoms with Gasteiger partial charge in [0.2, 0.25) is 5.95 Å². The second-order valence-electron chi connectivity index (χ2n) is 4.76. The van der Waals surface area contributed by atoms with Gasteiger partial charge in [-0.2, -0.15) is 4.98 Å². The summed E-state index contributed by atoms with van der Waals surface area (Å²) in [4.78, 5) is 11.1. The normalized spacial score (nSPS) is 20.0. The number of likely N-dealkylation sites (N-methyl/N-ethyl adjacent to an activating group) is 1. The SMILES string of the molecule is CN[C@H]1CCN(c2ccnc(NC(C)C)n2)C1. The number of hydrogen-bond donors (Lipinski definition) is 2. The molecule has 1 saturated heterocycles. The van der Waals surface area contributed by atoms with Crippen LogP contribution in [0.15, 0.2) is 12.3 Å². The van der Waals surface area contributed by atoms with E-state index in [1.54, 1.807) is 0 Å². The van der Waals surface area contributed by atoms with Crippen LogP contribution in [0.3, 0.4) is 0 Å². The number of aromatic nitrogens is 2. The van der Waals surface area contributed by atoms with E-state index in [1.165, 1.54) is 6.42 Å². The lowest BCUT2D eigenvalue weighted by Gasteiger charge is -2.18. The number of nitrogens with one attached hydrogen (secondary N) is 2. The van der Waals surface area contributed by atoms with Gasteiger partial charge in [-0.15, -0.1) is 0 Å². The summed E-state index contributed by atoms with van der Waals surface area (Å²) in [5.74, 6) is 1.73. The summed E-state index contributed by atoms with van der Waals surface area (Å²) >= 11 is 0. The predicted molar refractivity (Wildman–Crippen MR) is 70.5 cm³/mol. The van der Waals surface area contributed by atoms with Crippen molar-refractivity contribution in [3.8, 4) is 0 Å². The molecule has 0 unspecified atom stereocenters. The molecule has 1 aliphatic rings. The molecule has 0 aliphatic carbocycles. The Kier molecular flexibility index (Phi) is 3.78. The summed E-state index contributed by atoms with van der Waals surface area (Å²) < 4.78 is 0. The molecule has 17 heavy (non-hydrogen) atoms. The minimum absolute atomic E-state index is 0.355. The zero-order valence-corrected chi connectivity index (χ0v) is 10.8. The molecule has 5 heteroatoms. The molecule has 0 amide bonds. The van der Waals surface area contributed by atoms with Crippen LogP contribution in [0.2, 0.25) is 0 Å². The highest BCUT2D eigenvalue weighted by molar-refractivity contribution is 5.43. The molecular weight excluding hydrogens is 214 g/mol. The van der Waals surface area contributed by atoms with Crippen molar-refractivity contribution in [2.24, 2.45) is 0 Å². The van der Waals surface area contributed by atoms with Crippen LogP contribution in [-0.2, 0) is 0 Å². The first-order valence-electron chi connectivity index (χ1n) is 6.21. The number of anilines is 2. The second kappa shape index (κ2) is 5.31. The summed E-state index contributed by atoms with van der Waals surface area (Å²) in [5, 5.41) is 6.54. The van der Waals surface area contributed by atoms with Crippen molar-refractivity contribution < 1.29 is 0 Å². The molecule has 0 saturated carbocycles. The molecule has 1 aromatic rings. The lowest BCUT2D eigenvalue weighted by Crippen LogP contribution is -2.30. The molecule has 94 valence electrons. The van der Waals surface area contributed by atoms with E-state index >= 15 is 0 Å². The van der Waals surface area contributed by atoms with Crippen molar-refractivity contribution in [1.82, 2.24) is 15.3 Å². The second-order valence-corrected chi connectivity index (χ2v) is 4.76. The molecule has 1 fully saturated rings. The van der Waals surface area contributed by atoms with Crippen LogP contribution < -0.4 is 15.5 Å². The summed E-state index contributed by atoms with van der Waals surface area (Å²) in [6.07, 6.45) is 2.99. The van der Waals surface area contributed by atoms with Crippen LogP contribution in [-0.4, -0.2) is 42.2 Å². The van der Waals surface area contributed by atoms with Gasteiger partial charge in [0.15, 0.2) is 0 Å². The third-order valence-electron chi connectivity index (χ3n) is 2.98. The van der Waals surface area contributed by atoms with Gasteiger partial charge in [-0.3, -0.25) is 0 Å². The number of nitrogens with zero attached hydrogens (tertiary/aromatic N) is 3. The Morgan fingerprint density at radius 1 is 1.47 bits per heavy atom. The monoisotopic (exact) mass is 235 g/mol. The highest BCUT2D eigenvalue weighted by Crippen LogP contribution is 2.18. The van der Waals surface area contributed by atoms with Crippen molar-refractivity contribution in [2.75, 3.05) is 30.4 Å². The van der Waals surface area contributed by atoms with E-state index in [0.29, 0.717) is 18.0 Å². The first kappa shape index (κ1) is 12.1. The maximum Gasteiger partial charge on any atom is 0.224 e. The topological polar surface area (TPSA) is 53.1 Å². The minimum atomic E-state index is 0.355. The standard InChI is InChI=1S/C12H21N5/c1-9(2)15-12-14-6-4-11(16-12)17-7-5-10(8-17)13-3/h4,6,9-10,13H,5,7-8H2,1-3H3,(H,14,15,16)/t10-/m0/s1. The van der Waals surface area contributed by atoms with Crippen molar-refractivity contribution in [1.29, 1.82) is 0 Å². The van der Waals surface area contributed by atoms with Crippen LogP contribution >= 0.6 is 0 Å². The maximum atomic E-state index is 4.54. The molecule has 0 aromatic carbocycles. The zero-order valence-electron chi connectivity index (χ0n) is 10.8. The largest absolute Gasteiger partial charge is 0.355 e. The van der Waals surface area contributed by atoms with Crippen molar-refractivity contribution in [2.45, 2.75) is 32.4 Å². The van der Waals surface area contributed by atoms with Gasteiger partial charge in [0.05, 0.1) is 0 Å². The van der Waals surface area contributed by atoms with Crippen LogP contribution in [0, 0.1) is 0 Å². The average Bonchev–Trinajstić information content (AvgIpc) is 2.77. The van der Waals surface area contributed by atoms with E-state index in [9.17, 15) is 0 Å². The highest BCUT2D eigenvalue weighted by Gasteiger charge is 2.22. The summed E-state index contributed by atoms with van der Waals surface area (Å²) in [6.45, 7) is 6.25. The van der Waals surface area contributed by atoms with Crippen LogP contribution in [0.4, 0.5) is 11.8 Å². The predicted octanol–water partition coefficient (Wildman–Crippen LogP) is 1.09. The summed E-state index contributed by atoms with van der Waals surface area (Å²) in [7, 11) is 2.01. The fraction of sp³-hybridized carbons (Fsp3) is 0.667. The highest BCUT2D eigenvalue weighted by atomic mass is 15.3. The van der Waals surface area contributed by atoms with Gasteiger partial charge in [-0.1, -0.05) is 0 Å². The lowest BCUT2D eigenvalue weighted by atomic mass is 10.3. The van der Waals surface area contributed by atoms with Gasteiger partial charge in [-0.25, -0.2) is 4.98 Å². The maximum absolute atomic E-state index is 4.54. The van der Waals surface area contributed by atoms with Crippen molar-refractivity contribution >= 4 is 11.8 Å². The quantitative estimate of drug-likeness (QED) is 0.818. The molecule has 5 nitrogen and oxygen atoms in total. The Labute approximate surface area is 103 Å². The van der Waals surface area contributed by atoms with E-state index in [4.69, 9.17) is 0 Å². The molecule has 1 aromatic heterocycles. The molecule has 0 bridgehead atoms. The lowest BCUT2D eigenvalue weighted by molar-refractivity contribution is 0.616. The molecule has 1 atom stereocenters. The average molecular weight is 235 g/mol.